The Kier molecular flexibility index (Phi) is 7.01. The van der Waals surface area contributed by atoms with E-state index in [4.69, 9.17) is 11.6 Å². The molecule has 3 aromatic rings. The third-order valence-electron chi connectivity index (χ3n) is 3.57. The molecule has 11 heteroatoms. The molecule has 2 heterocycles. The molecule has 2 aromatic heterocycles. The van der Waals surface area contributed by atoms with Crippen molar-refractivity contribution in [2.45, 2.75) is 25.0 Å². The number of hydrogen-bond acceptors (Lipinski definition) is 7. The van der Waals surface area contributed by atoms with E-state index in [2.05, 4.69) is 25.8 Å². The fraction of sp³-hybridized carbons (Fsp3) is 0.235. The number of benzene rings is 1. The van der Waals surface area contributed by atoms with Crippen molar-refractivity contribution in [2.24, 2.45) is 0 Å². The van der Waals surface area contributed by atoms with Crippen molar-refractivity contribution in [3.63, 3.8) is 0 Å². The van der Waals surface area contributed by atoms with Gasteiger partial charge in [-0.3, -0.25) is 9.59 Å². The van der Waals surface area contributed by atoms with Crippen molar-refractivity contribution in [3.05, 3.63) is 46.7 Å². The highest BCUT2D eigenvalue weighted by Crippen LogP contribution is 2.19. The highest BCUT2D eigenvalue weighted by Gasteiger charge is 2.16. The van der Waals surface area contributed by atoms with Crippen molar-refractivity contribution >= 4 is 57.3 Å². The molecule has 0 atom stereocenters. The average molecular weight is 437 g/mol. The maximum absolute atomic E-state index is 12.3. The van der Waals surface area contributed by atoms with E-state index in [-0.39, 0.29) is 24.0 Å². The number of carbonyl (C=O) groups excluding carboxylic acids is 2. The van der Waals surface area contributed by atoms with Crippen LogP contribution in [0.3, 0.4) is 0 Å². The van der Waals surface area contributed by atoms with Gasteiger partial charge in [0.2, 0.25) is 11.8 Å². The van der Waals surface area contributed by atoms with Crippen molar-refractivity contribution in [3.8, 4) is 0 Å². The van der Waals surface area contributed by atoms with Gasteiger partial charge in [0.25, 0.3) is 0 Å². The van der Waals surface area contributed by atoms with Crippen molar-refractivity contribution in [1.82, 2.24) is 19.7 Å². The fourth-order valence-corrected chi connectivity index (χ4v) is 3.82. The monoisotopic (exact) mass is 436 g/mol. The van der Waals surface area contributed by atoms with Crippen molar-refractivity contribution in [2.75, 3.05) is 16.4 Å². The van der Waals surface area contributed by atoms with Gasteiger partial charge < -0.3 is 15.2 Å². The molecule has 3 rings (SSSR count). The van der Waals surface area contributed by atoms with Gasteiger partial charge in [-0.15, -0.1) is 21.5 Å². The average Bonchev–Trinajstić information content (AvgIpc) is 3.31. The van der Waals surface area contributed by atoms with Gasteiger partial charge in [0.1, 0.15) is 5.82 Å². The lowest BCUT2D eigenvalue weighted by molar-refractivity contribution is -0.116. The summed E-state index contributed by atoms with van der Waals surface area (Å²) in [6.45, 7) is 2.52. The minimum Gasteiger partial charge on any atom is -0.326 e. The molecular weight excluding hydrogens is 420 g/mol. The summed E-state index contributed by atoms with van der Waals surface area (Å²) in [5, 5.41) is 17.3. The number of aromatic nitrogens is 4. The Balaban J connectivity index is 1.57. The van der Waals surface area contributed by atoms with Gasteiger partial charge >= 0.3 is 0 Å². The van der Waals surface area contributed by atoms with E-state index in [1.165, 1.54) is 23.1 Å². The van der Waals surface area contributed by atoms with Gasteiger partial charge in [-0.2, -0.15) is 0 Å². The maximum atomic E-state index is 12.3. The fourth-order valence-electron chi connectivity index (χ4n) is 2.33. The first-order valence-electron chi connectivity index (χ1n) is 8.34. The van der Waals surface area contributed by atoms with Crippen LogP contribution in [-0.2, 0) is 22.6 Å². The van der Waals surface area contributed by atoms with E-state index >= 15 is 0 Å². The van der Waals surface area contributed by atoms with Crippen molar-refractivity contribution in [1.29, 1.82) is 0 Å². The highest BCUT2D eigenvalue weighted by molar-refractivity contribution is 7.99. The van der Waals surface area contributed by atoms with Gasteiger partial charge in [-0.25, -0.2) is 4.98 Å². The van der Waals surface area contributed by atoms with E-state index in [0.717, 1.165) is 0 Å². The third-order valence-corrected chi connectivity index (χ3v) is 5.47. The lowest BCUT2D eigenvalue weighted by Gasteiger charge is -2.08. The molecule has 0 saturated heterocycles. The number of thiazole rings is 1. The summed E-state index contributed by atoms with van der Waals surface area (Å²) in [4.78, 5) is 28.3. The molecule has 0 aliphatic heterocycles. The SMILES string of the molecule is CCn1c(CC(=O)Nc2ccc(Cl)cc2)nnc1SCC(=O)Nc1nccs1. The molecule has 28 heavy (non-hydrogen) atoms. The molecular formula is C17H17ClN6O2S2. The number of anilines is 2. The van der Waals surface area contributed by atoms with Crippen molar-refractivity contribution < 1.29 is 9.59 Å². The predicted molar refractivity (Wildman–Crippen MR) is 111 cm³/mol. The third kappa shape index (κ3) is 5.54. The van der Waals surface area contributed by atoms with E-state index < -0.39 is 0 Å². The number of amides is 2. The number of rotatable bonds is 8. The van der Waals surface area contributed by atoms with Crippen LogP contribution in [0, 0.1) is 0 Å². The van der Waals surface area contributed by atoms with Crippen LogP contribution < -0.4 is 10.6 Å². The number of nitrogens with one attached hydrogen (secondary N) is 2. The van der Waals surface area contributed by atoms with Gasteiger partial charge in [-0.1, -0.05) is 23.4 Å². The summed E-state index contributed by atoms with van der Waals surface area (Å²) < 4.78 is 1.82. The smallest absolute Gasteiger partial charge is 0.236 e. The summed E-state index contributed by atoms with van der Waals surface area (Å²) in [5.74, 6) is 0.334. The van der Waals surface area contributed by atoms with Crippen LogP contribution in [0.25, 0.3) is 0 Å². The minimum atomic E-state index is -0.206. The van der Waals surface area contributed by atoms with E-state index in [0.29, 0.717) is 33.4 Å². The second-order valence-electron chi connectivity index (χ2n) is 5.55. The van der Waals surface area contributed by atoms with Gasteiger partial charge in [0.15, 0.2) is 10.3 Å². The molecule has 2 amide bonds. The number of nitrogens with zero attached hydrogens (tertiary/aromatic N) is 4. The number of hydrogen-bond donors (Lipinski definition) is 2. The zero-order valence-corrected chi connectivity index (χ0v) is 17.3. The zero-order valence-electron chi connectivity index (χ0n) is 14.9. The van der Waals surface area contributed by atoms with Crippen LogP contribution in [0.15, 0.2) is 41.0 Å². The molecule has 0 spiro atoms. The lowest BCUT2D eigenvalue weighted by Crippen LogP contribution is -2.18. The Morgan fingerprint density at radius 3 is 2.64 bits per heavy atom. The summed E-state index contributed by atoms with van der Waals surface area (Å²) in [5.41, 5.74) is 0.658. The van der Waals surface area contributed by atoms with Gasteiger partial charge in [0.05, 0.1) is 12.2 Å². The normalized spacial score (nSPS) is 10.6. The Labute approximate surface area is 174 Å². The molecule has 0 fully saturated rings. The second-order valence-corrected chi connectivity index (χ2v) is 7.82. The molecule has 0 aliphatic carbocycles. The predicted octanol–water partition coefficient (Wildman–Crippen LogP) is 3.32. The van der Waals surface area contributed by atoms with Crippen LogP contribution in [0.5, 0.6) is 0 Å². The molecule has 8 nitrogen and oxygen atoms in total. The molecule has 146 valence electrons. The van der Waals surface area contributed by atoms with E-state index in [1.54, 1.807) is 35.8 Å². The lowest BCUT2D eigenvalue weighted by atomic mass is 10.3. The largest absolute Gasteiger partial charge is 0.326 e. The number of thioether (sulfide) groups is 1. The standard InChI is InChI=1S/C17H17ClN6O2S2/c1-2-24-13(9-14(25)20-12-5-3-11(18)4-6-12)22-23-17(24)28-10-15(26)21-16-19-7-8-27-16/h3-8H,2,9-10H2,1H3,(H,20,25)(H,19,21,26). The first kappa shape index (κ1) is 20.3. The molecule has 0 bridgehead atoms. The Hall–Kier alpha value is -2.43. The minimum absolute atomic E-state index is 0.0787. The Morgan fingerprint density at radius 2 is 1.96 bits per heavy atom. The zero-order chi connectivity index (χ0) is 19.9. The molecule has 2 N–H and O–H groups in total. The first-order valence-corrected chi connectivity index (χ1v) is 10.6. The highest BCUT2D eigenvalue weighted by atomic mass is 35.5. The second kappa shape index (κ2) is 9.67. The van der Waals surface area contributed by atoms with E-state index in [1.807, 2.05) is 11.5 Å². The summed E-state index contributed by atoms with van der Waals surface area (Å²) in [6, 6.07) is 6.87. The van der Waals surface area contributed by atoms with Crippen LogP contribution >= 0.6 is 34.7 Å². The first-order chi connectivity index (χ1) is 13.5. The van der Waals surface area contributed by atoms with Gasteiger partial charge in [-0.05, 0) is 31.2 Å². The summed E-state index contributed by atoms with van der Waals surface area (Å²) >= 11 is 8.46. The molecule has 0 aliphatic rings. The quantitative estimate of drug-likeness (QED) is 0.525. The van der Waals surface area contributed by atoms with Crippen LogP contribution in [0.2, 0.25) is 5.02 Å². The van der Waals surface area contributed by atoms with Crippen LogP contribution in [0.1, 0.15) is 12.7 Å². The summed E-state index contributed by atoms with van der Waals surface area (Å²) in [7, 11) is 0. The summed E-state index contributed by atoms with van der Waals surface area (Å²) in [6.07, 6.45) is 1.71. The van der Waals surface area contributed by atoms with Crippen LogP contribution in [-0.4, -0.2) is 37.3 Å². The topological polar surface area (TPSA) is 102 Å². The Morgan fingerprint density at radius 1 is 1.18 bits per heavy atom. The Bertz CT molecular complexity index is 943. The molecule has 1 aromatic carbocycles. The number of carbonyl (C=O) groups is 2. The van der Waals surface area contributed by atoms with Crippen LogP contribution in [0.4, 0.5) is 10.8 Å². The van der Waals surface area contributed by atoms with Gasteiger partial charge in [0, 0.05) is 28.8 Å². The molecule has 0 radical (unpaired) electrons. The molecule has 0 saturated carbocycles. The number of halogens is 1. The maximum Gasteiger partial charge on any atom is 0.236 e. The molecule has 0 unspecified atom stereocenters. The van der Waals surface area contributed by atoms with E-state index in [9.17, 15) is 9.59 Å².